The van der Waals surface area contributed by atoms with E-state index in [4.69, 9.17) is 18.9 Å². The molecule has 1 aromatic carbocycles. The zero-order valence-electron chi connectivity index (χ0n) is 32.7. The van der Waals surface area contributed by atoms with Crippen molar-refractivity contribution in [2.24, 2.45) is 11.8 Å². The molecule has 1 aromatic heterocycles. The van der Waals surface area contributed by atoms with E-state index < -0.39 is 92.2 Å². The number of ether oxygens (including phenoxy) is 4. The number of aromatic nitrogens is 1. The van der Waals surface area contributed by atoms with E-state index in [9.17, 15) is 45.2 Å². The standard InChI is InChI=1S/C38H49F4N5O10S/c1-36(2,38(40,41)42)57-35(51)44-30-22(20-54-3)9-7-5-6-8-10-23-18-37(23,34(50)46-58(52,53)25-11-12-25)45-31(48)28-16-24(19-47(28)33(30)49)56-32-26-17-27(39)29(55-4)15-21(26)13-14-43-32/h13-15,17,22-25,28,30H,5-12,16,18-20H2,1-4H3,(H,44,51)(H,45,48)(H,46,50)/t22-,23-,24+,28-,30-,37+/m0/s1. The summed E-state index contributed by atoms with van der Waals surface area (Å²) in [5.41, 5.74) is -4.52. The number of hydrogen-bond donors (Lipinski definition) is 3. The fourth-order valence-corrected chi connectivity index (χ4v) is 9.16. The number of carbonyl (C=O) groups excluding carboxylic acids is 4. The molecule has 320 valence electrons. The molecule has 58 heavy (non-hydrogen) atoms. The second-order valence-corrected chi connectivity index (χ2v) is 18.0. The minimum absolute atomic E-state index is 0.0266. The Bertz CT molecular complexity index is 2020. The van der Waals surface area contributed by atoms with E-state index >= 15 is 0 Å². The monoisotopic (exact) mass is 843 g/mol. The molecule has 3 heterocycles. The van der Waals surface area contributed by atoms with E-state index in [1.165, 1.54) is 26.5 Å². The maximum absolute atomic E-state index is 14.9. The number of nitrogens with zero attached hydrogens (tertiary/aromatic N) is 2. The van der Waals surface area contributed by atoms with Gasteiger partial charge in [0.05, 0.1) is 25.5 Å². The third-order valence-electron chi connectivity index (χ3n) is 11.5. The number of hydrogen-bond acceptors (Lipinski definition) is 11. The molecule has 2 saturated carbocycles. The molecule has 20 heteroatoms. The van der Waals surface area contributed by atoms with E-state index in [1.807, 2.05) is 0 Å². The normalized spacial score (nSPS) is 27.3. The Morgan fingerprint density at radius 2 is 1.76 bits per heavy atom. The average molecular weight is 844 g/mol. The van der Waals surface area contributed by atoms with Gasteiger partial charge in [-0.3, -0.25) is 19.1 Å². The van der Waals surface area contributed by atoms with Gasteiger partial charge >= 0.3 is 12.3 Å². The van der Waals surface area contributed by atoms with Gasteiger partial charge in [-0.15, -0.1) is 0 Å². The molecule has 4 aliphatic rings. The fraction of sp³-hybridized carbons (Fsp3) is 0.658. The Hall–Kier alpha value is -4.46. The summed E-state index contributed by atoms with van der Waals surface area (Å²) in [5.74, 6) is -4.51. The highest BCUT2D eigenvalue weighted by Crippen LogP contribution is 2.48. The van der Waals surface area contributed by atoms with Gasteiger partial charge in [-0.05, 0) is 75.5 Å². The number of rotatable bonds is 10. The first-order valence-electron chi connectivity index (χ1n) is 19.3. The minimum atomic E-state index is -4.95. The fourth-order valence-electron chi connectivity index (χ4n) is 7.80. The topological polar surface area (TPSA) is 192 Å². The molecule has 6 atom stereocenters. The van der Waals surface area contributed by atoms with Crippen molar-refractivity contribution >= 4 is 44.6 Å². The molecule has 6 rings (SSSR count). The van der Waals surface area contributed by atoms with Crippen LogP contribution in [0.2, 0.25) is 0 Å². The van der Waals surface area contributed by atoms with Crippen LogP contribution in [0.1, 0.15) is 78.1 Å². The van der Waals surface area contributed by atoms with Crippen molar-refractivity contribution in [3.05, 3.63) is 30.2 Å². The van der Waals surface area contributed by atoms with Crippen LogP contribution in [-0.4, -0.2) is 110 Å². The van der Waals surface area contributed by atoms with Crippen molar-refractivity contribution in [1.29, 1.82) is 0 Å². The van der Waals surface area contributed by atoms with E-state index in [0.29, 0.717) is 70.6 Å². The number of amides is 4. The summed E-state index contributed by atoms with van der Waals surface area (Å²) in [4.78, 5) is 61.6. The van der Waals surface area contributed by atoms with Gasteiger partial charge in [-0.2, -0.15) is 13.2 Å². The molecule has 15 nitrogen and oxygen atoms in total. The predicted molar refractivity (Wildman–Crippen MR) is 198 cm³/mol. The lowest BCUT2D eigenvalue weighted by Gasteiger charge is -2.34. The van der Waals surface area contributed by atoms with Crippen LogP contribution in [0.25, 0.3) is 10.8 Å². The number of fused-ring (bicyclic) bond motifs is 3. The van der Waals surface area contributed by atoms with Gasteiger partial charge in [-0.1, -0.05) is 25.7 Å². The number of alkyl halides is 3. The summed E-state index contributed by atoms with van der Waals surface area (Å²) < 4.78 is 106. The number of methoxy groups -OCH3 is 2. The number of carbonyl (C=O) groups is 4. The van der Waals surface area contributed by atoms with Gasteiger partial charge in [-0.25, -0.2) is 22.6 Å². The van der Waals surface area contributed by atoms with Crippen LogP contribution in [0.5, 0.6) is 11.6 Å². The Balaban J connectivity index is 1.36. The third kappa shape index (κ3) is 9.21. The zero-order chi connectivity index (χ0) is 42.2. The Morgan fingerprint density at radius 1 is 1.05 bits per heavy atom. The molecule has 2 aromatic rings. The second-order valence-electron chi connectivity index (χ2n) is 16.1. The molecule has 3 N–H and O–H groups in total. The van der Waals surface area contributed by atoms with Crippen molar-refractivity contribution in [2.75, 3.05) is 27.4 Å². The molecule has 4 amide bonds. The first-order chi connectivity index (χ1) is 27.3. The largest absolute Gasteiger partial charge is 0.494 e. The van der Waals surface area contributed by atoms with Gasteiger partial charge < -0.3 is 34.5 Å². The zero-order valence-corrected chi connectivity index (χ0v) is 33.5. The summed E-state index contributed by atoms with van der Waals surface area (Å²) in [6.07, 6.45) is -2.02. The molecule has 0 radical (unpaired) electrons. The molecule has 0 unspecified atom stereocenters. The van der Waals surface area contributed by atoms with Crippen LogP contribution in [0.15, 0.2) is 24.4 Å². The molecule has 2 saturated heterocycles. The Morgan fingerprint density at radius 3 is 2.41 bits per heavy atom. The van der Waals surface area contributed by atoms with Crippen LogP contribution in [0.3, 0.4) is 0 Å². The van der Waals surface area contributed by atoms with Crippen LogP contribution >= 0.6 is 0 Å². The SMILES string of the molecule is COC[C@@H]1CCCCCC[C@H]2C[C@@]2(C(=O)NS(=O)(=O)C2CC2)NC(=O)[C@@H]2C[C@@H](Oc3nccc4cc(OC)c(F)cc34)CN2C(=O)[C@H]1NC(=O)OC(C)(C)C(F)(F)F. The second kappa shape index (κ2) is 16.7. The van der Waals surface area contributed by atoms with Gasteiger partial charge in [0.2, 0.25) is 33.3 Å². The maximum Gasteiger partial charge on any atom is 0.427 e. The third-order valence-corrected chi connectivity index (χ3v) is 13.3. The average Bonchev–Trinajstić information content (AvgIpc) is 4.07. The van der Waals surface area contributed by atoms with Crippen LogP contribution in [0, 0.1) is 17.7 Å². The quantitative estimate of drug-likeness (QED) is 0.290. The first-order valence-corrected chi connectivity index (χ1v) is 20.9. The number of alkyl carbamates (subject to hydrolysis) is 1. The lowest BCUT2D eigenvalue weighted by atomic mass is 9.92. The number of halogens is 4. The summed E-state index contributed by atoms with van der Waals surface area (Å²) in [6, 6.07) is 1.26. The molecule has 2 aliphatic carbocycles. The number of benzene rings is 1. The summed E-state index contributed by atoms with van der Waals surface area (Å²) in [5, 5.41) is 5.17. The Kier molecular flexibility index (Phi) is 12.4. The van der Waals surface area contributed by atoms with Crippen LogP contribution < -0.4 is 24.8 Å². The van der Waals surface area contributed by atoms with Gasteiger partial charge in [0.15, 0.2) is 11.6 Å². The van der Waals surface area contributed by atoms with Crippen molar-refractivity contribution in [3.8, 4) is 11.6 Å². The van der Waals surface area contributed by atoms with E-state index in [2.05, 4.69) is 20.3 Å². The highest BCUT2D eigenvalue weighted by molar-refractivity contribution is 7.91. The number of sulfonamides is 1. The van der Waals surface area contributed by atoms with E-state index in [1.54, 1.807) is 6.07 Å². The molecular weight excluding hydrogens is 795 g/mol. The lowest BCUT2D eigenvalue weighted by Crippen LogP contribution is -2.60. The first kappa shape index (κ1) is 43.1. The van der Waals surface area contributed by atoms with Crippen molar-refractivity contribution in [1.82, 2.24) is 25.2 Å². The van der Waals surface area contributed by atoms with Crippen LogP contribution in [-0.2, 0) is 33.9 Å². The van der Waals surface area contributed by atoms with Gasteiger partial charge in [0, 0.05) is 31.0 Å². The highest BCUT2D eigenvalue weighted by atomic mass is 32.2. The van der Waals surface area contributed by atoms with Crippen molar-refractivity contribution in [3.63, 3.8) is 0 Å². The minimum Gasteiger partial charge on any atom is -0.494 e. The molecule has 4 fully saturated rings. The lowest BCUT2D eigenvalue weighted by molar-refractivity contribution is -0.244. The molecule has 0 spiro atoms. The molecule has 0 bridgehead atoms. The summed E-state index contributed by atoms with van der Waals surface area (Å²) in [6.45, 7) is 0.917. The van der Waals surface area contributed by atoms with Crippen LogP contribution in [0.4, 0.5) is 22.4 Å². The van der Waals surface area contributed by atoms with Crippen molar-refractivity contribution < 1.29 is 64.1 Å². The number of nitrogens with one attached hydrogen (secondary N) is 3. The predicted octanol–water partition coefficient (Wildman–Crippen LogP) is 4.27. The Labute approximate surface area is 333 Å². The van der Waals surface area contributed by atoms with Crippen molar-refractivity contribution in [2.45, 2.75) is 119 Å². The number of pyridine rings is 1. The smallest absolute Gasteiger partial charge is 0.427 e. The van der Waals surface area contributed by atoms with Gasteiger partial charge in [0.1, 0.15) is 23.7 Å². The summed E-state index contributed by atoms with van der Waals surface area (Å²) in [7, 11) is -1.31. The highest BCUT2D eigenvalue weighted by Gasteiger charge is 2.62. The molecular formula is C38H49F4N5O10S. The maximum atomic E-state index is 14.9. The van der Waals surface area contributed by atoms with E-state index in [-0.39, 0.29) is 43.0 Å². The van der Waals surface area contributed by atoms with Gasteiger partial charge in [0.25, 0.3) is 5.91 Å². The summed E-state index contributed by atoms with van der Waals surface area (Å²) >= 11 is 0. The van der Waals surface area contributed by atoms with E-state index in [0.717, 1.165) is 11.0 Å². The molecule has 2 aliphatic heterocycles.